The first-order chi connectivity index (χ1) is 8.61. The molecule has 1 fully saturated rings. The fourth-order valence-electron chi connectivity index (χ4n) is 2.19. The smallest absolute Gasteiger partial charge is 0.183 e. The molecule has 18 heavy (non-hydrogen) atoms. The fourth-order valence-corrected chi connectivity index (χ4v) is 2.19. The van der Waals surface area contributed by atoms with Gasteiger partial charge in [0.2, 0.25) is 0 Å². The van der Waals surface area contributed by atoms with E-state index in [4.69, 9.17) is 10.00 Å². The van der Waals surface area contributed by atoms with Crippen LogP contribution in [0.1, 0.15) is 31.2 Å². The Morgan fingerprint density at radius 3 is 2.89 bits per heavy atom. The van der Waals surface area contributed by atoms with Crippen LogP contribution in [0, 0.1) is 17.1 Å². The molecule has 4 heteroatoms. The van der Waals surface area contributed by atoms with Crippen LogP contribution in [0.25, 0.3) is 0 Å². The summed E-state index contributed by atoms with van der Waals surface area (Å²) in [4.78, 5) is 12.2. The summed E-state index contributed by atoms with van der Waals surface area (Å²) in [5.41, 5.74) is 0.394. The van der Waals surface area contributed by atoms with Crippen molar-refractivity contribution in [2.75, 3.05) is 0 Å². The van der Waals surface area contributed by atoms with Gasteiger partial charge in [-0.1, -0.05) is 12.1 Å². The second-order valence-corrected chi connectivity index (χ2v) is 4.53. The van der Waals surface area contributed by atoms with Gasteiger partial charge >= 0.3 is 0 Å². The maximum atomic E-state index is 13.1. The highest BCUT2D eigenvalue weighted by molar-refractivity contribution is 5.92. The van der Waals surface area contributed by atoms with Gasteiger partial charge in [-0.05, 0) is 37.5 Å². The average molecular weight is 247 g/mol. The third-order valence-electron chi connectivity index (χ3n) is 3.14. The molecule has 0 spiro atoms. The number of Topliss-reactive ketones (excluding diaryl/α,β-unsaturated/α-hetero) is 1. The Kier molecular flexibility index (Phi) is 3.73. The molecule has 3 nitrogen and oxygen atoms in total. The number of hydrogen-bond acceptors (Lipinski definition) is 3. The second kappa shape index (κ2) is 5.28. The van der Waals surface area contributed by atoms with Gasteiger partial charge in [-0.15, -0.1) is 0 Å². The van der Waals surface area contributed by atoms with Crippen molar-refractivity contribution in [1.29, 1.82) is 5.26 Å². The van der Waals surface area contributed by atoms with Crippen molar-refractivity contribution in [3.63, 3.8) is 0 Å². The first-order valence-electron chi connectivity index (χ1n) is 5.96. The minimum Gasteiger partial charge on any atom is -0.367 e. The van der Waals surface area contributed by atoms with E-state index in [0.29, 0.717) is 12.0 Å². The minimum absolute atomic E-state index is 0.0470. The summed E-state index contributed by atoms with van der Waals surface area (Å²) in [6.07, 6.45) is 0.962. The van der Waals surface area contributed by atoms with E-state index in [2.05, 4.69) is 0 Å². The molecular weight excluding hydrogens is 233 g/mol. The maximum absolute atomic E-state index is 13.1. The largest absolute Gasteiger partial charge is 0.367 e. The molecule has 0 bridgehead atoms. The molecule has 0 saturated carbocycles. The number of benzene rings is 1. The van der Waals surface area contributed by atoms with E-state index >= 15 is 0 Å². The van der Waals surface area contributed by atoms with Gasteiger partial charge in [0.05, 0.1) is 12.2 Å². The molecule has 3 unspecified atom stereocenters. The van der Waals surface area contributed by atoms with Gasteiger partial charge in [-0.2, -0.15) is 5.26 Å². The first kappa shape index (κ1) is 12.7. The van der Waals surface area contributed by atoms with Gasteiger partial charge in [0.1, 0.15) is 17.8 Å². The predicted molar refractivity (Wildman–Crippen MR) is 63.3 cm³/mol. The van der Waals surface area contributed by atoms with E-state index in [-0.39, 0.29) is 11.9 Å². The summed E-state index contributed by atoms with van der Waals surface area (Å²) in [5.74, 6) is -1.66. The molecular formula is C14H14FNO2. The zero-order chi connectivity index (χ0) is 13.1. The lowest BCUT2D eigenvalue weighted by Crippen LogP contribution is -2.26. The molecule has 0 amide bonds. The predicted octanol–water partition coefficient (Wildman–Crippen LogP) is 2.57. The van der Waals surface area contributed by atoms with E-state index in [9.17, 15) is 9.18 Å². The van der Waals surface area contributed by atoms with Crippen LogP contribution < -0.4 is 0 Å². The number of ether oxygens (including phenoxy) is 1. The van der Waals surface area contributed by atoms with Crippen LogP contribution in [0.2, 0.25) is 0 Å². The molecule has 94 valence electrons. The summed E-state index contributed by atoms with van der Waals surface area (Å²) in [5, 5.41) is 9.12. The van der Waals surface area contributed by atoms with Crippen molar-refractivity contribution in [3.05, 3.63) is 35.6 Å². The monoisotopic (exact) mass is 247 g/mol. The lowest BCUT2D eigenvalue weighted by Gasteiger charge is -2.14. The van der Waals surface area contributed by atoms with Crippen LogP contribution in [0.3, 0.4) is 0 Å². The van der Waals surface area contributed by atoms with Crippen molar-refractivity contribution >= 4 is 5.78 Å². The summed E-state index contributed by atoms with van der Waals surface area (Å²) < 4.78 is 18.6. The number of hydrogen-bond donors (Lipinski definition) is 0. The zero-order valence-corrected chi connectivity index (χ0v) is 10.1. The van der Waals surface area contributed by atoms with E-state index in [0.717, 1.165) is 6.42 Å². The van der Waals surface area contributed by atoms with Crippen LogP contribution in [0.15, 0.2) is 24.3 Å². The zero-order valence-electron chi connectivity index (χ0n) is 10.1. The lowest BCUT2D eigenvalue weighted by atomic mass is 9.92. The number of rotatable bonds is 3. The molecule has 0 radical (unpaired) electrons. The molecule has 0 aromatic heterocycles. The molecule has 1 aromatic rings. The number of nitrogens with zero attached hydrogens (tertiary/aromatic N) is 1. The van der Waals surface area contributed by atoms with Gasteiger partial charge in [0, 0.05) is 0 Å². The third-order valence-corrected chi connectivity index (χ3v) is 3.14. The Bertz CT molecular complexity index is 495. The van der Waals surface area contributed by atoms with Crippen molar-refractivity contribution in [3.8, 4) is 6.07 Å². The van der Waals surface area contributed by atoms with Gasteiger partial charge in [0.25, 0.3) is 0 Å². The summed E-state index contributed by atoms with van der Waals surface area (Å²) in [7, 11) is 0. The van der Waals surface area contributed by atoms with E-state index < -0.39 is 17.8 Å². The van der Waals surface area contributed by atoms with Crippen molar-refractivity contribution in [2.24, 2.45) is 0 Å². The van der Waals surface area contributed by atoms with Crippen molar-refractivity contribution in [1.82, 2.24) is 0 Å². The van der Waals surface area contributed by atoms with Crippen molar-refractivity contribution < 1.29 is 13.9 Å². The molecule has 0 N–H and O–H groups in total. The average Bonchev–Trinajstić information content (AvgIpc) is 2.77. The Morgan fingerprint density at radius 2 is 2.33 bits per heavy atom. The number of carbonyl (C=O) groups is 1. The normalized spacial score (nSPS) is 24.5. The molecule has 1 aliphatic rings. The van der Waals surface area contributed by atoms with Crippen LogP contribution in [-0.2, 0) is 9.53 Å². The Balaban J connectivity index is 2.19. The van der Waals surface area contributed by atoms with Crippen LogP contribution in [0.4, 0.5) is 4.39 Å². The molecule has 1 aromatic carbocycles. The lowest BCUT2D eigenvalue weighted by molar-refractivity contribution is -0.129. The van der Waals surface area contributed by atoms with Crippen LogP contribution in [0.5, 0.6) is 0 Å². The number of ketones is 1. The van der Waals surface area contributed by atoms with E-state index in [1.807, 2.05) is 13.0 Å². The summed E-state index contributed by atoms with van der Waals surface area (Å²) >= 11 is 0. The Labute approximate surface area is 105 Å². The van der Waals surface area contributed by atoms with Gasteiger partial charge in [-0.25, -0.2) is 4.39 Å². The molecule has 0 aliphatic carbocycles. The second-order valence-electron chi connectivity index (χ2n) is 4.53. The van der Waals surface area contributed by atoms with Gasteiger partial charge < -0.3 is 4.74 Å². The highest BCUT2D eigenvalue weighted by atomic mass is 19.1. The number of nitriles is 1. The van der Waals surface area contributed by atoms with Gasteiger partial charge in [0.15, 0.2) is 5.78 Å². The number of halogens is 1. The highest BCUT2D eigenvalue weighted by Gasteiger charge is 2.33. The summed E-state index contributed by atoms with van der Waals surface area (Å²) in [6.45, 7) is 1.90. The molecule has 3 atom stereocenters. The Hall–Kier alpha value is -1.73. The SMILES string of the molecule is CC1CCC(C(=O)C(C#N)c2cccc(F)c2)O1. The number of carbonyl (C=O) groups excluding carboxylic acids is 1. The summed E-state index contributed by atoms with van der Waals surface area (Å²) in [6, 6.07) is 7.55. The molecule has 1 saturated heterocycles. The standard InChI is InChI=1S/C14H14FNO2/c1-9-5-6-13(18-9)14(17)12(8-16)10-3-2-4-11(15)7-10/h2-4,7,9,12-13H,5-6H2,1H3. The van der Waals surface area contributed by atoms with Gasteiger partial charge in [-0.3, -0.25) is 4.79 Å². The van der Waals surface area contributed by atoms with Crippen LogP contribution in [-0.4, -0.2) is 18.0 Å². The first-order valence-corrected chi connectivity index (χ1v) is 5.96. The third kappa shape index (κ3) is 2.57. The van der Waals surface area contributed by atoms with E-state index in [1.165, 1.54) is 18.2 Å². The topological polar surface area (TPSA) is 50.1 Å². The van der Waals surface area contributed by atoms with E-state index in [1.54, 1.807) is 6.07 Å². The molecule has 1 aliphatic heterocycles. The highest BCUT2D eigenvalue weighted by Crippen LogP contribution is 2.26. The Morgan fingerprint density at radius 1 is 1.56 bits per heavy atom. The minimum atomic E-state index is -0.948. The fraction of sp³-hybridized carbons (Fsp3) is 0.429. The van der Waals surface area contributed by atoms with Crippen molar-refractivity contribution in [2.45, 2.75) is 37.9 Å². The molecule has 2 rings (SSSR count). The molecule has 1 heterocycles. The van der Waals surface area contributed by atoms with Crippen LogP contribution >= 0.6 is 0 Å². The quantitative estimate of drug-likeness (QED) is 0.824. The maximum Gasteiger partial charge on any atom is 0.183 e.